The van der Waals surface area contributed by atoms with E-state index in [0.717, 1.165) is 11.1 Å². The number of fused-ring (bicyclic) bond motifs is 1. The predicted molar refractivity (Wildman–Crippen MR) is 109 cm³/mol. The van der Waals surface area contributed by atoms with E-state index >= 15 is 0 Å². The van der Waals surface area contributed by atoms with Crippen LogP contribution in [0.2, 0.25) is 0 Å². The first kappa shape index (κ1) is 20.1. The fraction of sp³-hybridized carbons (Fsp3) is 0.227. The summed E-state index contributed by atoms with van der Waals surface area (Å²) in [4.78, 5) is 28.7. The number of hydrogen-bond donors (Lipinski definition) is 0. The Hall–Kier alpha value is -3.61. The van der Waals surface area contributed by atoms with Crippen LogP contribution in [-0.4, -0.2) is 29.1 Å². The second-order valence-electron chi connectivity index (χ2n) is 6.33. The lowest BCUT2D eigenvalue weighted by Crippen LogP contribution is -2.19. The van der Waals surface area contributed by atoms with E-state index in [2.05, 4.69) is 4.98 Å². The summed E-state index contributed by atoms with van der Waals surface area (Å²) in [6.45, 7) is 3.39. The molecule has 7 nitrogen and oxygen atoms in total. The summed E-state index contributed by atoms with van der Waals surface area (Å²) in [6, 6.07) is 10.4. The zero-order valence-electron chi connectivity index (χ0n) is 16.5. The molecule has 0 amide bonds. The number of pyridine rings is 1. The highest BCUT2D eigenvalue weighted by Gasteiger charge is 2.11. The number of carbonyl (C=O) groups excluding carboxylic acids is 1. The molecule has 150 valence electrons. The minimum Gasteiger partial charge on any atom is -0.493 e. The zero-order chi connectivity index (χ0) is 20.8. The van der Waals surface area contributed by atoms with E-state index in [1.807, 2.05) is 44.2 Å². The second-order valence-corrected chi connectivity index (χ2v) is 6.33. The first-order valence-corrected chi connectivity index (χ1v) is 9.09. The Labute approximate surface area is 168 Å². The highest BCUT2D eigenvalue weighted by molar-refractivity contribution is 5.71. The van der Waals surface area contributed by atoms with Gasteiger partial charge in [0.25, 0.3) is 5.56 Å². The van der Waals surface area contributed by atoms with E-state index in [1.54, 1.807) is 18.3 Å². The Morgan fingerprint density at radius 1 is 1.21 bits per heavy atom. The molecule has 3 aromatic rings. The number of benzene rings is 1. The number of methoxy groups -OCH3 is 1. The topological polar surface area (TPSA) is 79.1 Å². The summed E-state index contributed by atoms with van der Waals surface area (Å²) in [6.07, 6.45) is 5.50. The molecule has 0 unspecified atom stereocenters. The normalized spacial score (nSPS) is 11.0. The van der Waals surface area contributed by atoms with Gasteiger partial charge in [-0.05, 0) is 43.2 Å². The fourth-order valence-electron chi connectivity index (χ4n) is 2.82. The lowest BCUT2D eigenvalue weighted by Gasteiger charge is -2.11. The van der Waals surface area contributed by atoms with E-state index in [-0.39, 0.29) is 18.8 Å². The molecule has 0 saturated heterocycles. The second kappa shape index (κ2) is 9.05. The number of aromatic nitrogens is 2. The molecule has 0 bridgehead atoms. The van der Waals surface area contributed by atoms with Crippen LogP contribution in [0.5, 0.6) is 11.5 Å². The van der Waals surface area contributed by atoms with Crippen molar-refractivity contribution in [2.24, 2.45) is 0 Å². The number of hydrogen-bond acceptors (Lipinski definition) is 6. The SMILES string of the molecule is C/C=C/c1ccc(OCC(=O)OCc2cc(=O)n3cccc(C)c3n2)c(OC)c1. The molecule has 0 aliphatic carbocycles. The number of esters is 1. The van der Waals surface area contributed by atoms with Crippen molar-refractivity contribution >= 4 is 17.7 Å². The van der Waals surface area contributed by atoms with Gasteiger partial charge < -0.3 is 14.2 Å². The van der Waals surface area contributed by atoms with Crippen molar-refractivity contribution in [1.29, 1.82) is 0 Å². The summed E-state index contributed by atoms with van der Waals surface area (Å²) >= 11 is 0. The summed E-state index contributed by atoms with van der Waals surface area (Å²) in [5.74, 6) is 0.389. The van der Waals surface area contributed by atoms with Crippen LogP contribution in [0.3, 0.4) is 0 Å². The van der Waals surface area contributed by atoms with Gasteiger partial charge in [-0.3, -0.25) is 9.20 Å². The van der Waals surface area contributed by atoms with Gasteiger partial charge in [0.15, 0.2) is 18.1 Å². The number of carbonyl (C=O) groups is 1. The lowest BCUT2D eigenvalue weighted by atomic mass is 10.2. The Kier molecular flexibility index (Phi) is 6.29. The van der Waals surface area contributed by atoms with Crippen molar-refractivity contribution in [3.8, 4) is 11.5 Å². The average molecular weight is 394 g/mol. The van der Waals surface area contributed by atoms with E-state index in [0.29, 0.717) is 22.8 Å². The van der Waals surface area contributed by atoms with Crippen molar-refractivity contribution in [2.75, 3.05) is 13.7 Å². The van der Waals surface area contributed by atoms with Crippen molar-refractivity contribution in [3.63, 3.8) is 0 Å². The molecule has 2 aromatic heterocycles. The Balaban J connectivity index is 1.63. The molecule has 29 heavy (non-hydrogen) atoms. The Bertz CT molecular complexity index is 1120. The Morgan fingerprint density at radius 2 is 2.03 bits per heavy atom. The molecular weight excluding hydrogens is 372 g/mol. The van der Waals surface area contributed by atoms with E-state index in [1.165, 1.54) is 17.6 Å². The van der Waals surface area contributed by atoms with Gasteiger partial charge in [0, 0.05) is 12.3 Å². The first-order chi connectivity index (χ1) is 14.0. The van der Waals surface area contributed by atoms with Crippen LogP contribution < -0.4 is 15.0 Å². The van der Waals surface area contributed by atoms with Crippen LogP contribution in [-0.2, 0) is 16.1 Å². The van der Waals surface area contributed by atoms with Crippen LogP contribution >= 0.6 is 0 Å². The van der Waals surface area contributed by atoms with Gasteiger partial charge in [0.2, 0.25) is 0 Å². The molecule has 0 atom stereocenters. The van der Waals surface area contributed by atoms with Gasteiger partial charge in [0.05, 0.1) is 12.8 Å². The summed E-state index contributed by atoms with van der Waals surface area (Å²) in [5.41, 5.74) is 2.50. The van der Waals surface area contributed by atoms with E-state index < -0.39 is 5.97 Å². The van der Waals surface area contributed by atoms with Crippen LogP contribution in [0.4, 0.5) is 0 Å². The van der Waals surface area contributed by atoms with E-state index in [9.17, 15) is 9.59 Å². The van der Waals surface area contributed by atoms with Crippen molar-refractivity contribution < 1.29 is 19.0 Å². The molecule has 0 saturated carbocycles. The number of ether oxygens (including phenoxy) is 3. The van der Waals surface area contributed by atoms with Gasteiger partial charge in [-0.25, -0.2) is 9.78 Å². The lowest BCUT2D eigenvalue weighted by molar-refractivity contribution is -0.147. The molecule has 1 aromatic carbocycles. The number of rotatable bonds is 7. The third-order valence-corrected chi connectivity index (χ3v) is 4.21. The largest absolute Gasteiger partial charge is 0.493 e. The summed E-state index contributed by atoms with van der Waals surface area (Å²) in [7, 11) is 1.53. The smallest absolute Gasteiger partial charge is 0.344 e. The minimum atomic E-state index is -0.573. The number of aryl methyl sites for hydroxylation is 1. The fourth-order valence-corrected chi connectivity index (χ4v) is 2.82. The number of allylic oxidation sites excluding steroid dienone is 1. The first-order valence-electron chi connectivity index (χ1n) is 9.09. The van der Waals surface area contributed by atoms with Crippen molar-refractivity contribution in [2.45, 2.75) is 20.5 Å². The molecule has 0 N–H and O–H groups in total. The zero-order valence-corrected chi connectivity index (χ0v) is 16.5. The molecule has 0 spiro atoms. The van der Waals surface area contributed by atoms with Crippen LogP contribution in [0.1, 0.15) is 23.7 Å². The van der Waals surface area contributed by atoms with Gasteiger partial charge in [-0.2, -0.15) is 0 Å². The van der Waals surface area contributed by atoms with Crippen LogP contribution in [0.25, 0.3) is 11.7 Å². The molecular formula is C22H22N2O5. The van der Waals surface area contributed by atoms with Gasteiger partial charge >= 0.3 is 5.97 Å². The van der Waals surface area contributed by atoms with Crippen molar-refractivity contribution in [1.82, 2.24) is 9.38 Å². The molecule has 0 aliphatic rings. The predicted octanol–water partition coefficient (Wildman–Crippen LogP) is 3.17. The van der Waals surface area contributed by atoms with Crippen LogP contribution in [0.15, 0.2) is 53.5 Å². The van der Waals surface area contributed by atoms with E-state index in [4.69, 9.17) is 14.2 Å². The minimum absolute atomic E-state index is 0.111. The molecule has 0 aliphatic heterocycles. The molecule has 2 heterocycles. The quantitative estimate of drug-likeness (QED) is 0.573. The molecule has 3 rings (SSSR count). The monoisotopic (exact) mass is 394 g/mol. The van der Waals surface area contributed by atoms with Gasteiger partial charge in [-0.1, -0.05) is 24.3 Å². The molecule has 0 fully saturated rings. The van der Waals surface area contributed by atoms with Crippen molar-refractivity contribution in [3.05, 3.63) is 75.8 Å². The number of nitrogens with zero attached hydrogens (tertiary/aromatic N) is 2. The third kappa shape index (κ3) is 4.82. The summed E-state index contributed by atoms with van der Waals surface area (Å²) in [5, 5.41) is 0. The standard InChI is InChI=1S/C22H22N2O5/c1-4-6-16-8-9-18(19(11-16)27-3)28-14-21(26)29-13-17-12-20(25)24-10-5-7-15(2)22(24)23-17/h4-12H,13-14H2,1-3H3/b6-4+. The highest BCUT2D eigenvalue weighted by atomic mass is 16.6. The Morgan fingerprint density at radius 3 is 2.79 bits per heavy atom. The maximum absolute atomic E-state index is 12.2. The molecule has 0 radical (unpaired) electrons. The maximum atomic E-state index is 12.2. The molecule has 7 heteroatoms. The summed E-state index contributed by atoms with van der Waals surface area (Å²) < 4.78 is 17.5. The van der Waals surface area contributed by atoms with Crippen LogP contribution in [0, 0.1) is 6.92 Å². The maximum Gasteiger partial charge on any atom is 0.344 e. The average Bonchev–Trinajstić information content (AvgIpc) is 2.72. The van der Waals surface area contributed by atoms with Gasteiger partial charge in [0.1, 0.15) is 12.3 Å². The highest BCUT2D eigenvalue weighted by Crippen LogP contribution is 2.28. The van der Waals surface area contributed by atoms with Gasteiger partial charge in [-0.15, -0.1) is 0 Å². The third-order valence-electron chi connectivity index (χ3n) is 4.21.